The highest BCUT2D eigenvalue weighted by molar-refractivity contribution is 5.41. The van der Waals surface area contributed by atoms with Gasteiger partial charge in [-0.15, -0.1) is 0 Å². The Labute approximate surface area is 238 Å². The second kappa shape index (κ2) is 16.8. The molecular weight excluding hydrogens is 480 g/mol. The van der Waals surface area contributed by atoms with Crippen LogP contribution in [-0.4, -0.2) is 61.0 Å². The van der Waals surface area contributed by atoms with Crippen molar-refractivity contribution in [1.82, 2.24) is 10.2 Å². The zero-order valence-electron chi connectivity index (χ0n) is 24.8. The summed E-state index contributed by atoms with van der Waals surface area (Å²) in [7, 11) is 0. The summed E-state index contributed by atoms with van der Waals surface area (Å²) < 4.78 is 6.51. The topological polar surface area (TPSA) is 44.7 Å². The largest absolute Gasteiger partial charge is 0.382 e. The van der Waals surface area contributed by atoms with Crippen molar-refractivity contribution in [3.63, 3.8) is 0 Å². The predicted octanol–water partition coefficient (Wildman–Crippen LogP) is 6.86. The molecule has 0 amide bonds. The van der Waals surface area contributed by atoms with E-state index in [2.05, 4.69) is 91.7 Å². The summed E-state index contributed by atoms with van der Waals surface area (Å²) in [6.45, 7) is 14.4. The van der Waals surface area contributed by atoms with Crippen molar-refractivity contribution in [2.75, 3.05) is 39.3 Å². The number of allylic oxidation sites excluding steroid dienone is 10. The molecule has 4 heteroatoms. The van der Waals surface area contributed by atoms with Crippen molar-refractivity contribution in [2.24, 2.45) is 11.8 Å². The fourth-order valence-electron chi connectivity index (χ4n) is 5.07. The van der Waals surface area contributed by atoms with E-state index < -0.39 is 5.60 Å². The van der Waals surface area contributed by atoms with Crippen molar-refractivity contribution < 1.29 is 9.84 Å². The molecule has 3 aliphatic rings. The van der Waals surface area contributed by atoms with Crippen LogP contribution in [0.1, 0.15) is 59.8 Å². The second-order valence-corrected chi connectivity index (χ2v) is 11.5. The molecule has 0 saturated heterocycles. The molecule has 4 nitrogen and oxygen atoms in total. The van der Waals surface area contributed by atoms with Crippen molar-refractivity contribution in [1.29, 1.82) is 0 Å². The third-order valence-corrected chi connectivity index (χ3v) is 7.66. The number of hydrogen-bond donors (Lipinski definition) is 2. The summed E-state index contributed by atoms with van der Waals surface area (Å²) >= 11 is 0. The molecule has 2 N–H and O–H groups in total. The van der Waals surface area contributed by atoms with Gasteiger partial charge in [0, 0.05) is 6.54 Å². The number of nitrogens with one attached hydrogen (secondary N) is 1. The van der Waals surface area contributed by atoms with Crippen molar-refractivity contribution >= 4 is 0 Å². The SMILES string of the molecule is CCN(CCCNCCOC(C1=CC=CC(C)C=C1)C1=CCC(C)CC=C1)CCCC1=CC=CC(C)(O)C=C1. The molecule has 0 aromatic rings. The zero-order valence-corrected chi connectivity index (χ0v) is 24.8. The van der Waals surface area contributed by atoms with Gasteiger partial charge in [0.25, 0.3) is 0 Å². The summed E-state index contributed by atoms with van der Waals surface area (Å²) in [6, 6.07) is 0. The van der Waals surface area contributed by atoms with Gasteiger partial charge in [0.05, 0.1) is 12.2 Å². The van der Waals surface area contributed by atoms with Gasteiger partial charge in [-0.25, -0.2) is 0 Å². The average molecular weight is 533 g/mol. The first-order valence-electron chi connectivity index (χ1n) is 15.1. The van der Waals surface area contributed by atoms with Gasteiger partial charge < -0.3 is 20.1 Å². The van der Waals surface area contributed by atoms with Crippen LogP contribution in [0.2, 0.25) is 0 Å². The lowest BCUT2D eigenvalue weighted by Crippen LogP contribution is -2.30. The molecule has 0 aromatic heterocycles. The van der Waals surface area contributed by atoms with Crippen LogP contribution in [0.3, 0.4) is 0 Å². The summed E-state index contributed by atoms with van der Waals surface area (Å²) in [5.74, 6) is 1.13. The van der Waals surface area contributed by atoms with Crippen molar-refractivity contribution in [3.05, 3.63) is 95.7 Å². The molecule has 214 valence electrons. The van der Waals surface area contributed by atoms with Gasteiger partial charge in [0.15, 0.2) is 0 Å². The molecule has 0 aromatic carbocycles. The molecule has 3 rings (SSSR count). The smallest absolute Gasteiger partial charge is 0.107 e. The van der Waals surface area contributed by atoms with Crippen LogP contribution in [0.15, 0.2) is 95.7 Å². The van der Waals surface area contributed by atoms with E-state index in [9.17, 15) is 5.11 Å². The third kappa shape index (κ3) is 11.8. The number of ether oxygens (including phenoxy) is 1. The minimum atomic E-state index is -0.839. The van der Waals surface area contributed by atoms with Crippen LogP contribution in [-0.2, 0) is 4.74 Å². The lowest BCUT2D eigenvalue weighted by Gasteiger charge is -2.22. The molecule has 0 radical (unpaired) electrons. The summed E-state index contributed by atoms with van der Waals surface area (Å²) in [6.07, 6.45) is 33.5. The summed E-state index contributed by atoms with van der Waals surface area (Å²) in [5.41, 5.74) is 2.96. The third-order valence-electron chi connectivity index (χ3n) is 7.66. The van der Waals surface area contributed by atoms with Crippen LogP contribution in [0, 0.1) is 11.8 Å². The van der Waals surface area contributed by atoms with Gasteiger partial charge in [0.2, 0.25) is 0 Å². The van der Waals surface area contributed by atoms with E-state index in [1.54, 1.807) is 0 Å². The van der Waals surface area contributed by atoms with Gasteiger partial charge >= 0.3 is 0 Å². The normalized spacial score (nSPS) is 25.6. The first kappa shape index (κ1) is 31.3. The van der Waals surface area contributed by atoms with E-state index in [1.165, 1.54) is 16.7 Å². The molecule has 0 spiro atoms. The van der Waals surface area contributed by atoms with Gasteiger partial charge in [-0.1, -0.05) is 87.6 Å². The van der Waals surface area contributed by atoms with Crippen LogP contribution in [0.5, 0.6) is 0 Å². The Hall–Kier alpha value is -2.24. The van der Waals surface area contributed by atoms with E-state index in [-0.39, 0.29) is 6.10 Å². The Morgan fingerprint density at radius 1 is 1.00 bits per heavy atom. The minimum Gasteiger partial charge on any atom is -0.382 e. The zero-order chi connectivity index (χ0) is 27.9. The van der Waals surface area contributed by atoms with Crippen molar-refractivity contribution in [3.8, 4) is 0 Å². The monoisotopic (exact) mass is 532 g/mol. The Morgan fingerprint density at radius 2 is 1.85 bits per heavy atom. The lowest BCUT2D eigenvalue weighted by molar-refractivity contribution is 0.106. The van der Waals surface area contributed by atoms with E-state index in [0.29, 0.717) is 18.4 Å². The second-order valence-electron chi connectivity index (χ2n) is 11.5. The molecule has 0 saturated carbocycles. The standard InChI is InChI=1S/C35H52N2O2/c1-5-37(26-9-14-31-13-8-22-35(4,38)23-21-31)27-10-24-36-25-28-39-34(32-15-6-11-29(2)17-19-32)33-16-7-12-30(3)18-20-33/h6-8,11,13,15-17,19-23,29-30,34,36,38H,5,9-10,12,14,18,24-28H2,1-4H3. The van der Waals surface area contributed by atoms with Gasteiger partial charge in [-0.2, -0.15) is 0 Å². The maximum Gasteiger partial charge on any atom is 0.107 e. The fourth-order valence-corrected chi connectivity index (χ4v) is 5.07. The molecular formula is C35H52N2O2. The molecule has 3 aliphatic carbocycles. The first-order valence-corrected chi connectivity index (χ1v) is 15.1. The highest BCUT2D eigenvalue weighted by atomic mass is 16.5. The highest BCUT2D eigenvalue weighted by Gasteiger charge is 2.19. The maximum atomic E-state index is 10.1. The Morgan fingerprint density at radius 3 is 2.69 bits per heavy atom. The van der Waals surface area contributed by atoms with E-state index in [0.717, 1.165) is 64.8 Å². The fraction of sp³-hybridized carbons (Fsp3) is 0.543. The summed E-state index contributed by atoms with van der Waals surface area (Å²) in [5, 5.41) is 13.7. The molecule has 4 atom stereocenters. The Balaban J connectivity index is 1.37. The van der Waals surface area contributed by atoms with Crippen LogP contribution in [0.25, 0.3) is 0 Å². The maximum absolute atomic E-state index is 10.1. The van der Waals surface area contributed by atoms with Crippen LogP contribution in [0.4, 0.5) is 0 Å². The first-order chi connectivity index (χ1) is 18.9. The van der Waals surface area contributed by atoms with Crippen LogP contribution < -0.4 is 5.32 Å². The van der Waals surface area contributed by atoms with Crippen molar-refractivity contribution in [2.45, 2.75) is 71.5 Å². The number of hydrogen-bond acceptors (Lipinski definition) is 4. The molecule has 0 aliphatic heterocycles. The van der Waals surface area contributed by atoms with Gasteiger partial charge in [-0.05, 0) is 106 Å². The molecule has 4 unspecified atom stereocenters. The van der Waals surface area contributed by atoms with Crippen LogP contribution >= 0.6 is 0 Å². The quantitative estimate of drug-likeness (QED) is 0.226. The molecule has 0 bridgehead atoms. The number of rotatable bonds is 15. The molecule has 0 heterocycles. The van der Waals surface area contributed by atoms with E-state index in [1.807, 2.05) is 25.2 Å². The highest BCUT2D eigenvalue weighted by Crippen LogP contribution is 2.26. The lowest BCUT2D eigenvalue weighted by atomic mass is 9.98. The number of aliphatic hydroxyl groups is 1. The Bertz CT molecular complexity index is 992. The van der Waals surface area contributed by atoms with Gasteiger partial charge in [-0.3, -0.25) is 0 Å². The van der Waals surface area contributed by atoms with E-state index >= 15 is 0 Å². The van der Waals surface area contributed by atoms with E-state index in [4.69, 9.17) is 4.74 Å². The minimum absolute atomic E-state index is 0.0184. The predicted molar refractivity (Wildman–Crippen MR) is 167 cm³/mol. The molecule has 0 fully saturated rings. The molecule has 39 heavy (non-hydrogen) atoms. The number of nitrogens with zero attached hydrogens (tertiary/aromatic N) is 1. The average Bonchev–Trinajstić information content (AvgIpc) is 3.34. The Kier molecular flexibility index (Phi) is 13.5. The summed E-state index contributed by atoms with van der Waals surface area (Å²) in [4.78, 5) is 2.53. The van der Waals surface area contributed by atoms with Gasteiger partial charge in [0.1, 0.15) is 6.10 Å².